The fraction of sp³-hybridized carbons (Fsp3) is 0.455. The molecule has 7 heteroatoms. The number of nitrogens with one attached hydrogen (secondary N) is 1. The number of aliphatic hydroxyl groups is 1. The maximum Gasteiger partial charge on any atom is 0.254 e. The Kier molecular flexibility index (Phi) is 6.16. The van der Waals surface area contributed by atoms with E-state index in [4.69, 9.17) is 9.84 Å². The molecule has 0 unspecified atom stereocenters. The van der Waals surface area contributed by atoms with Crippen LogP contribution in [0.5, 0.6) is 0 Å². The van der Waals surface area contributed by atoms with Gasteiger partial charge in [0.25, 0.3) is 5.91 Å². The molecule has 0 aliphatic heterocycles. The molecule has 0 saturated carbocycles. The molecule has 1 aromatic heterocycles. The molecule has 18 heavy (non-hydrogen) atoms. The molecule has 0 saturated heterocycles. The molecule has 0 aromatic carbocycles. The molecule has 5 nitrogen and oxygen atoms in total. The zero-order chi connectivity index (χ0) is 13.4. The van der Waals surface area contributed by atoms with Gasteiger partial charge in [0.2, 0.25) is 5.95 Å². The second-order valence-corrected chi connectivity index (χ2v) is 3.41. The van der Waals surface area contributed by atoms with Crippen LogP contribution in [0.25, 0.3) is 0 Å². The van der Waals surface area contributed by atoms with Crippen LogP contribution in [0.2, 0.25) is 0 Å². The number of aliphatic hydroxyl groups excluding tert-OH is 1. The topological polar surface area (TPSA) is 71.5 Å². The Bertz CT molecular complexity index is 402. The van der Waals surface area contributed by atoms with E-state index >= 15 is 0 Å². The highest BCUT2D eigenvalue weighted by Crippen LogP contribution is 2.08. The van der Waals surface area contributed by atoms with Gasteiger partial charge < -0.3 is 15.2 Å². The number of carbonyl (C=O) groups excluding carboxylic acids is 1. The summed E-state index contributed by atoms with van der Waals surface area (Å²) in [4.78, 5) is 14.6. The number of hydrogen-bond donors (Lipinski definition) is 2. The first-order chi connectivity index (χ1) is 8.66. The zero-order valence-corrected chi connectivity index (χ0v) is 9.66. The van der Waals surface area contributed by atoms with Crippen LogP contribution in [0, 0.1) is 11.8 Å². The SMILES string of the molecule is O=C(NCCCOCCO)c1ccnc(F)c1F. The molecule has 1 heterocycles. The van der Waals surface area contributed by atoms with Gasteiger partial charge in [-0.1, -0.05) is 0 Å². The number of pyridine rings is 1. The predicted octanol–water partition coefficient (Wildman–Crippen LogP) is 0.489. The molecular formula is C11H14F2N2O3. The van der Waals surface area contributed by atoms with Gasteiger partial charge in [0, 0.05) is 19.3 Å². The summed E-state index contributed by atoms with van der Waals surface area (Å²) in [6.07, 6.45) is 1.54. The van der Waals surface area contributed by atoms with E-state index in [1.165, 1.54) is 0 Å². The third-order valence-electron chi connectivity index (χ3n) is 2.08. The van der Waals surface area contributed by atoms with E-state index in [0.29, 0.717) is 13.0 Å². The van der Waals surface area contributed by atoms with Gasteiger partial charge in [-0.05, 0) is 12.5 Å². The fourth-order valence-corrected chi connectivity index (χ4v) is 1.23. The van der Waals surface area contributed by atoms with E-state index in [1.807, 2.05) is 0 Å². The van der Waals surface area contributed by atoms with Crippen LogP contribution >= 0.6 is 0 Å². The molecule has 1 aromatic rings. The van der Waals surface area contributed by atoms with Crippen LogP contribution in [0.1, 0.15) is 16.8 Å². The quantitative estimate of drug-likeness (QED) is 0.553. The maximum atomic E-state index is 13.2. The van der Waals surface area contributed by atoms with Crippen molar-refractivity contribution in [2.75, 3.05) is 26.4 Å². The highest BCUT2D eigenvalue weighted by Gasteiger charge is 2.15. The van der Waals surface area contributed by atoms with Crippen LogP contribution < -0.4 is 5.32 Å². The third kappa shape index (κ3) is 4.34. The predicted molar refractivity (Wildman–Crippen MR) is 59.0 cm³/mol. The molecule has 1 rings (SSSR count). The van der Waals surface area contributed by atoms with Crippen molar-refractivity contribution < 1.29 is 23.4 Å². The normalized spacial score (nSPS) is 10.4. The third-order valence-corrected chi connectivity index (χ3v) is 2.08. The van der Waals surface area contributed by atoms with Gasteiger partial charge >= 0.3 is 0 Å². The number of amides is 1. The highest BCUT2D eigenvalue weighted by atomic mass is 19.2. The smallest absolute Gasteiger partial charge is 0.254 e. The van der Waals surface area contributed by atoms with Gasteiger partial charge in [-0.15, -0.1) is 0 Å². The van der Waals surface area contributed by atoms with Gasteiger partial charge in [0.05, 0.1) is 18.8 Å². The molecule has 0 atom stereocenters. The highest BCUT2D eigenvalue weighted by molar-refractivity contribution is 5.94. The van der Waals surface area contributed by atoms with Gasteiger partial charge in [0.1, 0.15) is 0 Å². The summed E-state index contributed by atoms with van der Waals surface area (Å²) in [5.41, 5.74) is -0.376. The molecule has 0 aliphatic carbocycles. The van der Waals surface area contributed by atoms with E-state index in [-0.39, 0.29) is 25.3 Å². The van der Waals surface area contributed by atoms with Crippen LogP contribution in [0.3, 0.4) is 0 Å². The molecule has 0 bridgehead atoms. The van der Waals surface area contributed by atoms with Crippen molar-refractivity contribution in [3.63, 3.8) is 0 Å². The first-order valence-corrected chi connectivity index (χ1v) is 5.43. The van der Waals surface area contributed by atoms with Crippen LogP contribution in [-0.4, -0.2) is 42.4 Å². The summed E-state index contributed by atoms with van der Waals surface area (Å²) in [6.45, 7) is 0.813. The monoisotopic (exact) mass is 260 g/mol. The van der Waals surface area contributed by atoms with Gasteiger partial charge in [-0.3, -0.25) is 4.79 Å². The number of nitrogens with zero attached hydrogens (tertiary/aromatic N) is 1. The van der Waals surface area contributed by atoms with E-state index < -0.39 is 17.7 Å². The van der Waals surface area contributed by atoms with Crippen LogP contribution in [0.4, 0.5) is 8.78 Å². The van der Waals surface area contributed by atoms with Crippen molar-refractivity contribution >= 4 is 5.91 Å². The van der Waals surface area contributed by atoms with Crippen molar-refractivity contribution in [2.24, 2.45) is 0 Å². The van der Waals surface area contributed by atoms with Crippen LogP contribution in [0.15, 0.2) is 12.3 Å². The fourth-order valence-electron chi connectivity index (χ4n) is 1.23. The second kappa shape index (κ2) is 7.67. The Balaban J connectivity index is 2.35. The number of halogens is 2. The molecule has 100 valence electrons. The first kappa shape index (κ1) is 14.5. The van der Waals surface area contributed by atoms with E-state index in [1.54, 1.807) is 0 Å². The Morgan fingerprint density at radius 2 is 2.22 bits per heavy atom. The second-order valence-electron chi connectivity index (χ2n) is 3.41. The molecule has 0 radical (unpaired) electrons. The lowest BCUT2D eigenvalue weighted by molar-refractivity contribution is 0.0865. The van der Waals surface area contributed by atoms with Gasteiger partial charge in [0.15, 0.2) is 5.82 Å². The Morgan fingerprint density at radius 3 is 2.94 bits per heavy atom. The average molecular weight is 260 g/mol. The lowest BCUT2D eigenvalue weighted by Crippen LogP contribution is -2.26. The summed E-state index contributed by atoms with van der Waals surface area (Å²) in [6, 6.07) is 1.11. The van der Waals surface area contributed by atoms with Crippen molar-refractivity contribution in [2.45, 2.75) is 6.42 Å². The van der Waals surface area contributed by atoms with Crippen LogP contribution in [-0.2, 0) is 4.74 Å². The summed E-state index contributed by atoms with van der Waals surface area (Å²) < 4.78 is 30.9. The minimum atomic E-state index is -1.30. The number of rotatable bonds is 7. The Hall–Kier alpha value is -1.60. The maximum absolute atomic E-state index is 13.2. The number of carbonyl (C=O) groups is 1. The number of hydrogen-bond acceptors (Lipinski definition) is 4. The molecule has 1 amide bonds. The van der Waals surface area contributed by atoms with Crippen molar-refractivity contribution in [3.05, 3.63) is 29.6 Å². The summed E-state index contributed by atoms with van der Waals surface area (Å²) in [5.74, 6) is -3.25. The minimum Gasteiger partial charge on any atom is -0.394 e. The average Bonchev–Trinajstić information content (AvgIpc) is 2.36. The van der Waals surface area contributed by atoms with Gasteiger partial charge in [-0.25, -0.2) is 9.37 Å². The van der Waals surface area contributed by atoms with E-state index in [0.717, 1.165) is 12.3 Å². The van der Waals surface area contributed by atoms with E-state index in [9.17, 15) is 13.6 Å². The largest absolute Gasteiger partial charge is 0.394 e. The van der Waals surface area contributed by atoms with Crippen molar-refractivity contribution in [1.29, 1.82) is 0 Å². The molecule has 0 aliphatic rings. The number of ether oxygens (including phenoxy) is 1. The van der Waals surface area contributed by atoms with Crippen molar-refractivity contribution in [3.8, 4) is 0 Å². The Morgan fingerprint density at radius 1 is 1.44 bits per heavy atom. The summed E-state index contributed by atoms with van der Waals surface area (Å²) in [7, 11) is 0. The Labute approximate surface area is 103 Å². The summed E-state index contributed by atoms with van der Waals surface area (Å²) in [5, 5.41) is 10.9. The van der Waals surface area contributed by atoms with E-state index in [2.05, 4.69) is 10.3 Å². The lowest BCUT2D eigenvalue weighted by Gasteiger charge is -2.06. The molecule has 2 N–H and O–H groups in total. The molecule has 0 fully saturated rings. The lowest BCUT2D eigenvalue weighted by atomic mass is 10.2. The molecule has 0 spiro atoms. The number of aromatic nitrogens is 1. The van der Waals surface area contributed by atoms with Crippen molar-refractivity contribution in [1.82, 2.24) is 10.3 Å². The minimum absolute atomic E-state index is 0.0616. The molecular weight excluding hydrogens is 246 g/mol. The van der Waals surface area contributed by atoms with Gasteiger partial charge in [-0.2, -0.15) is 4.39 Å². The first-order valence-electron chi connectivity index (χ1n) is 5.43. The summed E-state index contributed by atoms with van der Waals surface area (Å²) >= 11 is 0. The standard InChI is InChI=1S/C11H14F2N2O3/c12-9-8(2-4-14-10(9)13)11(17)15-3-1-6-18-7-5-16/h2,4,16H,1,3,5-7H2,(H,15,17). The zero-order valence-electron chi connectivity index (χ0n) is 9.66.